The van der Waals surface area contributed by atoms with Gasteiger partial charge in [0, 0.05) is 6.20 Å². The minimum absolute atomic E-state index is 0.0397. The molecule has 6 nitrogen and oxygen atoms in total. The fourth-order valence-corrected chi connectivity index (χ4v) is 1.82. The molecule has 0 unspecified atom stereocenters. The summed E-state index contributed by atoms with van der Waals surface area (Å²) in [6.45, 7) is 0.0397. The number of halogens is 3. The van der Waals surface area contributed by atoms with Crippen molar-refractivity contribution in [2.24, 2.45) is 0 Å². The van der Waals surface area contributed by atoms with Gasteiger partial charge >= 0.3 is 6.18 Å². The number of hydrogen-bond acceptors (Lipinski definition) is 4. The van der Waals surface area contributed by atoms with Crippen LogP contribution in [0, 0.1) is 0 Å². The highest BCUT2D eigenvalue weighted by atomic mass is 19.4. The highest BCUT2D eigenvalue weighted by Gasteiger charge is 2.33. The predicted molar refractivity (Wildman–Crippen MR) is 65.5 cm³/mol. The molecule has 0 N–H and O–H groups in total. The van der Waals surface area contributed by atoms with Crippen LogP contribution >= 0.6 is 0 Å². The number of nitrogens with zero attached hydrogens (tertiary/aromatic N) is 6. The van der Waals surface area contributed by atoms with E-state index in [2.05, 4.69) is 20.6 Å². The van der Waals surface area contributed by atoms with E-state index in [0.717, 1.165) is 16.4 Å². The number of hydrogen-bond donors (Lipinski definition) is 0. The minimum atomic E-state index is -4.46. The lowest BCUT2D eigenvalue weighted by molar-refractivity contribution is -0.141. The Balaban J connectivity index is 1.87. The van der Waals surface area contributed by atoms with Gasteiger partial charge in [-0.3, -0.25) is 4.68 Å². The third-order valence-electron chi connectivity index (χ3n) is 2.77. The Labute approximate surface area is 116 Å². The zero-order chi connectivity index (χ0) is 14.9. The zero-order valence-corrected chi connectivity index (χ0v) is 10.6. The van der Waals surface area contributed by atoms with E-state index in [1.165, 1.54) is 10.9 Å². The van der Waals surface area contributed by atoms with Crippen LogP contribution in [-0.2, 0) is 12.7 Å². The molecule has 2 heterocycles. The molecule has 1 aromatic carbocycles. The van der Waals surface area contributed by atoms with Gasteiger partial charge in [-0.2, -0.15) is 23.0 Å². The van der Waals surface area contributed by atoms with E-state index < -0.39 is 11.9 Å². The number of alkyl halides is 3. The number of para-hydroxylation sites is 1. The van der Waals surface area contributed by atoms with E-state index in [-0.39, 0.29) is 6.54 Å². The standard InChI is InChI=1S/C12H9F3N6/c13-12(14,15)10-6-7-20(17-10)8-11-16-18-19-21(11)9-4-2-1-3-5-9/h1-7H,8H2. The average Bonchev–Trinajstić information content (AvgIpc) is 3.09. The molecule has 21 heavy (non-hydrogen) atoms. The highest BCUT2D eigenvalue weighted by Crippen LogP contribution is 2.27. The maximum absolute atomic E-state index is 12.5. The first-order valence-electron chi connectivity index (χ1n) is 5.97. The summed E-state index contributed by atoms with van der Waals surface area (Å²) in [5, 5.41) is 14.7. The molecule has 2 aromatic heterocycles. The number of aromatic nitrogens is 6. The van der Waals surface area contributed by atoms with Crippen molar-refractivity contribution in [1.82, 2.24) is 30.0 Å². The molecular weight excluding hydrogens is 285 g/mol. The van der Waals surface area contributed by atoms with Crippen molar-refractivity contribution in [3.63, 3.8) is 0 Å². The van der Waals surface area contributed by atoms with E-state index in [1.54, 1.807) is 12.1 Å². The van der Waals surface area contributed by atoms with Crippen molar-refractivity contribution in [2.75, 3.05) is 0 Å². The van der Waals surface area contributed by atoms with Gasteiger partial charge in [-0.1, -0.05) is 18.2 Å². The van der Waals surface area contributed by atoms with Crippen LogP contribution in [0.5, 0.6) is 0 Å². The van der Waals surface area contributed by atoms with Crippen LogP contribution < -0.4 is 0 Å². The van der Waals surface area contributed by atoms with E-state index in [9.17, 15) is 13.2 Å². The number of benzene rings is 1. The summed E-state index contributed by atoms with van der Waals surface area (Å²) >= 11 is 0. The predicted octanol–water partition coefficient (Wildman–Crippen LogP) is 1.93. The van der Waals surface area contributed by atoms with Crippen molar-refractivity contribution >= 4 is 0 Å². The van der Waals surface area contributed by atoms with Crippen molar-refractivity contribution in [3.05, 3.63) is 54.1 Å². The number of tetrazole rings is 1. The summed E-state index contributed by atoms with van der Waals surface area (Å²) < 4.78 is 40.1. The second kappa shape index (κ2) is 5.00. The van der Waals surface area contributed by atoms with Crippen molar-refractivity contribution in [2.45, 2.75) is 12.7 Å². The van der Waals surface area contributed by atoms with E-state index in [1.807, 2.05) is 18.2 Å². The van der Waals surface area contributed by atoms with Crippen molar-refractivity contribution in [1.29, 1.82) is 0 Å². The molecule has 0 aliphatic rings. The third kappa shape index (κ3) is 2.76. The first-order valence-corrected chi connectivity index (χ1v) is 5.97. The molecule has 108 valence electrons. The maximum atomic E-state index is 12.5. The van der Waals surface area contributed by atoms with Gasteiger partial charge < -0.3 is 0 Å². The fraction of sp³-hybridized carbons (Fsp3) is 0.167. The summed E-state index contributed by atoms with van der Waals surface area (Å²) in [7, 11) is 0. The molecule has 0 aliphatic heterocycles. The number of rotatable bonds is 3. The van der Waals surface area contributed by atoms with Crippen LogP contribution in [-0.4, -0.2) is 30.0 Å². The lowest BCUT2D eigenvalue weighted by Crippen LogP contribution is -2.11. The Kier molecular flexibility index (Phi) is 3.16. The lowest BCUT2D eigenvalue weighted by Gasteiger charge is -2.05. The van der Waals surface area contributed by atoms with Gasteiger partial charge in [-0.05, 0) is 28.6 Å². The second-order valence-electron chi connectivity index (χ2n) is 4.24. The van der Waals surface area contributed by atoms with E-state index >= 15 is 0 Å². The summed E-state index contributed by atoms with van der Waals surface area (Å²) in [5.41, 5.74) is -0.220. The molecule has 3 aromatic rings. The summed E-state index contributed by atoms with van der Waals surface area (Å²) in [6, 6.07) is 9.98. The van der Waals surface area contributed by atoms with Crippen LogP contribution in [0.3, 0.4) is 0 Å². The highest BCUT2D eigenvalue weighted by molar-refractivity contribution is 5.30. The van der Waals surface area contributed by atoms with Crippen molar-refractivity contribution in [3.8, 4) is 5.69 Å². The van der Waals surface area contributed by atoms with Gasteiger partial charge in [-0.25, -0.2) is 0 Å². The third-order valence-corrected chi connectivity index (χ3v) is 2.77. The molecule has 0 fully saturated rings. The van der Waals surface area contributed by atoms with Crippen LogP contribution in [0.2, 0.25) is 0 Å². The van der Waals surface area contributed by atoms with Crippen LogP contribution in [0.1, 0.15) is 11.5 Å². The second-order valence-corrected chi connectivity index (χ2v) is 4.24. The summed E-state index contributed by atoms with van der Waals surface area (Å²) in [4.78, 5) is 0. The Morgan fingerprint density at radius 3 is 2.48 bits per heavy atom. The molecule has 0 radical (unpaired) electrons. The smallest absolute Gasteiger partial charge is 0.264 e. The normalized spacial score (nSPS) is 11.8. The molecule has 0 saturated carbocycles. The molecule has 3 rings (SSSR count). The Bertz CT molecular complexity index is 731. The largest absolute Gasteiger partial charge is 0.435 e. The Hall–Kier alpha value is -2.71. The first kappa shape index (κ1) is 13.3. The van der Waals surface area contributed by atoms with Crippen LogP contribution in [0.25, 0.3) is 5.69 Å². The molecule has 0 atom stereocenters. The first-order chi connectivity index (χ1) is 10.0. The van der Waals surface area contributed by atoms with Gasteiger partial charge in [0.15, 0.2) is 11.5 Å². The molecule has 0 aliphatic carbocycles. The molecular formula is C12H9F3N6. The molecule has 0 saturated heterocycles. The maximum Gasteiger partial charge on any atom is 0.435 e. The van der Waals surface area contributed by atoms with Gasteiger partial charge in [0.1, 0.15) is 6.54 Å². The van der Waals surface area contributed by atoms with Crippen LogP contribution in [0.4, 0.5) is 13.2 Å². The molecule has 0 spiro atoms. The minimum Gasteiger partial charge on any atom is -0.264 e. The lowest BCUT2D eigenvalue weighted by atomic mass is 10.3. The van der Waals surface area contributed by atoms with Gasteiger partial charge in [-0.15, -0.1) is 5.10 Å². The summed E-state index contributed by atoms with van der Waals surface area (Å²) in [6.07, 6.45) is -3.22. The molecule has 9 heteroatoms. The van der Waals surface area contributed by atoms with Crippen molar-refractivity contribution < 1.29 is 13.2 Å². The summed E-state index contributed by atoms with van der Waals surface area (Å²) in [5.74, 6) is 0.387. The Morgan fingerprint density at radius 1 is 1.05 bits per heavy atom. The quantitative estimate of drug-likeness (QED) is 0.740. The molecule has 0 amide bonds. The average molecular weight is 294 g/mol. The van der Waals surface area contributed by atoms with Gasteiger partial charge in [0.05, 0.1) is 5.69 Å². The monoisotopic (exact) mass is 294 g/mol. The van der Waals surface area contributed by atoms with Gasteiger partial charge in [0.2, 0.25) is 0 Å². The molecule has 0 bridgehead atoms. The topological polar surface area (TPSA) is 61.4 Å². The SMILES string of the molecule is FC(F)(F)c1ccn(Cc2nnnn2-c2ccccc2)n1. The van der Waals surface area contributed by atoms with Crippen LogP contribution in [0.15, 0.2) is 42.6 Å². The Morgan fingerprint density at radius 2 is 1.81 bits per heavy atom. The van der Waals surface area contributed by atoms with E-state index in [0.29, 0.717) is 5.82 Å². The fourth-order valence-electron chi connectivity index (χ4n) is 1.82. The van der Waals surface area contributed by atoms with E-state index in [4.69, 9.17) is 0 Å². The van der Waals surface area contributed by atoms with Gasteiger partial charge in [0.25, 0.3) is 0 Å². The zero-order valence-electron chi connectivity index (χ0n) is 10.6.